The van der Waals surface area contributed by atoms with Crippen molar-refractivity contribution in [1.82, 2.24) is 19.7 Å². The molecule has 1 N–H and O–H groups in total. The molecule has 0 saturated carbocycles. The normalized spacial score (nSPS) is 12.0. The van der Waals surface area contributed by atoms with Gasteiger partial charge in [-0.2, -0.15) is 18.3 Å². The molecule has 0 atom stereocenters. The number of pyridine rings is 2. The van der Waals surface area contributed by atoms with Crippen LogP contribution in [-0.4, -0.2) is 53.0 Å². The summed E-state index contributed by atoms with van der Waals surface area (Å²) in [5.74, 6) is -3.43. The van der Waals surface area contributed by atoms with Crippen molar-refractivity contribution >= 4 is 38.2 Å². The third-order valence-electron chi connectivity index (χ3n) is 4.14. The number of aromatic nitrogens is 4. The van der Waals surface area contributed by atoms with Crippen LogP contribution in [-0.2, 0) is 21.9 Å². The molecule has 0 saturated heterocycles. The lowest BCUT2D eigenvalue weighted by molar-refractivity contribution is -0.170. The first-order chi connectivity index (χ1) is 14.4. The van der Waals surface area contributed by atoms with Gasteiger partial charge in [-0.1, -0.05) is 0 Å². The van der Waals surface area contributed by atoms with Gasteiger partial charge in [0.15, 0.2) is 5.78 Å². The summed E-state index contributed by atoms with van der Waals surface area (Å²) in [4.78, 5) is 30.0. The van der Waals surface area contributed by atoms with Crippen molar-refractivity contribution in [3.8, 4) is 5.88 Å². The third kappa shape index (κ3) is 4.47. The highest BCUT2D eigenvalue weighted by Crippen LogP contribution is 2.32. The Hall–Kier alpha value is -3.55. The van der Waals surface area contributed by atoms with Crippen molar-refractivity contribution in [2.45, 2.75) is 17.5 Å². The first kappa shape index (κ1) is 22.1. The third-order valence-corrected chi connectivity index (χ3v) is 5.47. The number of ether oxygens (including phenoxy) is 1. The Morgan fingerprint density at radius 2 is 1.87 bits per heavy atom. The number of nitrogens with one attached hydrogen (secondary N) is 1. The number of Topliss-reactive ketones (excluding diaryl/α,β-unsaturated/α-hetero) is 2. The van der Waals surface area contributed by atoms with E-state index in [9.17, 15) is 31.2 Å². The van der Waals surface area contributed by atoms with E-state index in [-0.39, 0.29) is 16.5 Å². The summed E-state index contributed by atoms with van der Waals surface area (Å²) in [6.45, 7) is 0. The molecule has 164 valence electrons. The molecular formula is C17H14F3N5O5S. The summed E-state index contributed by atoms with van der Waals surface area (Å²) < 4.78 is 71.3. The fourth-order valence-electron chi connectivity index (χ4n) is 2.63. The molecule has 0 unspecified atom stereocenters. The number of carbonyl (C=O) groups is 2. The molecule has 0 fully saturated rings. The van der Waals surface area contributed by atoms with Gasteiger partial charge in [-0.25, -0.2) is 13.4 Å². The van der Waals surface area contributed by atoms with Gasteiger partial charge in [-0.15, -0.1) is 0 Å². The summed E-state index contributed by atoms with van der Waals surface area (Å²) in [6.07, 6.45) is -2.86. The number of sulfonamides is 1. The van der Waals surface area contributed by atoms with Crippen LogP contribution in [0.2, 0.25) is 0 Å². The zero-order valence-electron chi connectivity index (χ0n) is 16.0. The van der Waals surface area contributed by atoms with Crippen LogP contribution < -0.4 is 9.46 Å². The van der Waals surface area contributed by atoms with Gasteiger partial charge in [0, 0.05) is 24.8 Å². The maximum absolute atomic E-state index is 12.8. The maximum atomic E-state index is 12.8. The molecule has 3 aromatic rings. The number of hydrogen-bond acceptors (Lipinski definition) is 8. The molecule has 0 bridgehead atoms. The number of halogens is 3. The van der Waals surface area contributed by atoms with Gasteiger partial charge in [0.25, 0.3) is 10.0 Å². The second-order valence-corrected chi connectivity index (χ2v) is 7.90. The number of hydrogen-bond donors (Lipinski definition) is 1. The van der Waals surface area contributed by atoms with Gasteiger partial charge < -0.3 is 4.74 Å². The second-order valence-electron chi connectivity index (χ2n) is 6.22. The average molecular weight is 457 g/mol. The van der Waals surface area contributed by atoms with Crippen LogP contribution in [0.3, 0.4) is 0 Å². The molecule has 0 aliphatic carbocycles. The van der Waals surface area contributed by atoms with Gasteiger partial charge in [0.1, 0.15) is 16.3 Å². The van der Waals surface area contributed by atoms with Crippen LogP contribution in [0.5, 0.6) is 5.88 Å². The van der Waals surface area contributed by atoms with E-state index >= 15 is 0 Å². The Balaban J connectivity index is 1.89. The molecule has 3 heterocycles. The van der Waals surface area contributed by atoms with Crippen molar-refractivity contribution in [1.29, 1.82) is 0 Å². The van der Waals surface area contributed by atoms with E-state index in [1.165, 1.54) is 24.2 Å². The summed E-state index contributed by atoms with van der Waals surface area (Å²) >= 11 is 0. The Morgan fingerprint density at radius 1 is 1.16 bits per heavy atom. The highest BCUT2D eigenvalue weighted by Gasteiger charge is 2.39. The van der Waals surface area contributed by atoms with E-state index in [0.29, 0.717) is 10.9 Å². The molecule has 31 heavy (non-hydrogen) atoms. The number of anilines is 1. The molecule has 0 aliphatic rings. The predicted octanol–water partition coefficient (Wildman–Crippen LogP) is 1.88. The molecular weight excluding hydrogens is 443 g/mol. The Labute approximate surface area is 173 Å². The Kier molecular flexibility index (Phi) is 5.67. The minimum atomic E-state index is -5.15. The highest BCUT2D eigenvalue weighted by atomic mass is 32.2. The van der Waals surface area contributed by atoms with Gasteiger partial charge >= 0.3 is 6.18 Å². The molecule has 3 aromatic heterocycles. The highest BCUT2D eigenvalue weighted by molar-refractivity contribution is 7.92. The van der Waals surface area contributed by atoms with E-state index < -0.39 is 39.9 Å². The molecule has 0 aromatic carbocycles. The monoisotopic (exact) mass is 457 g/mol. The largest absolute Gasteiger partial charge is 0.479 e. The topological polar surface area (TPSA) is 133 Å². The summed E-state index contributed by atoms with van der Waals surface area (Å²) in [5, 5.41) is 4.57. The van der Waals surface area contributed by atoms with Gasteiger partial charge in [-0.05, 0) is 12.1 Å². The van der Waals surface area contributed by atoms with E-state index in [2.05, 4.69) is 19.8 Å². The van der Waals surface area contributed by atoms with E-state index in [0.717, 1.165) is 18.3 Å². The van der Waals surface area contributed by atoms with Gasteiger partial charge in [0.05, 0.1) is 25.2 Å². The van der Waals surface area contributed by atoms with E-state index in [1.54, 1.807) is 7.05 Å². The predicted molar refractivity (Wildman–Crippen MR) is 100 cm³/mol. The minimum Gasteiger partial charge on any atom is -0.479 e. The lowest BCUT2D eigenvalue weighted by Crippen LogP contribution is -2.25. The zero-order chi connectivity index (χ0) is 23.0. The average Bonchev–Trinajstić information content (AvgIpc) is 3.08. The van der Waals surface area contributed by atoms with Crippen LogP contribution in [0.4, 0.5) is 18.9 Å². The molecule has 0 spiro atoms. The molecule has 14 heteroatoms. The first-order valence-corrected chi connectivity index (χ1v) is 9.89. The maximum Gasteiger partial charge on any atom is 0.450 e. The standard InChI is InChI=1S/C17H14F3N5O5S/c1-25-15-9(7-23-25)6-22-16(30-2)14(15)24-31(28,29)10-3-4-11(21-8-10)12(26)5-13(27)17(18,19)20/h3-4,6-8,24H,5H2,1-2H3. The number of ketones is 2. The molecule has 0 amide bonds. The second kappa shape index (κ2) is 7.94. The Bertz CT molecular complexity index is 1270. The smallest absolute Gasteiger partial charge is 0.450 e. The van der Waals surface area contributed by atoms with Crippen LogP contribution >= 0.6 is 0 Å². The van der Waals surface area contributed by atoms with E-state index in [4.69, 9.17) is 4.74 Å². The van der Waals surface area contributed by atoms with Crippen molar-refractivity contribution in [2.24, 2.45) is 7.05 Å². The number of carbonyl (C=O) groups excluding carboxylic acids is 2. The van der Waals surface area contributed by atoms with Crippen molar-refractivity contribution in [3.05, 3.63) is 36.4 Å². The van der Waals surface area contributed by atoms with Gasteiger partial charge in [0.2, 0.25) is 11.7 Å². The zero-order valence-corrected chi connectivity index (χ0v) is 16.8. The van der Waals surface area contributed by atoms with Crippen LogP contribution in [0, 0.1) is 0 Å². The van der Waals surface area contributed by atoms with Gasteiger partial charge in [-0.3, -0.25) is 24.0 Å². The van der Waals surface area contributed by atoms with Crippen molar-refractivity contribution in [2.75, 3.05) is 11.8 Å². The summed E-state index contributed by atoms with van der Waals surface area (Å²) in [5.41, 5.74) is -0.0821. The quantitative estimate of drug-likeness (QED) is 0.420. The number of nitrogens with zero attached hydrogens (tertiary/aromatic N) is 4. The lowest BCUT2D eigenvalue weighted by atomic mass is 10.1. The molecule has 3 rings (SSSR count). The summed E-state index contributed by atoms with van der Waals surface area (Å²) in [7, 11) is -1.37. The van der Waals surface area contributed by atoms with Crippen LogP contribution in [0.15, 0.2) is 35.6 Å². The van der Waals surface area contributed by atoms with E-state index in [1.807, 2.05) is 0 Å². The number of methoxy groups -OCH3 is 1. The van der Waals surface area contributed by atoms with Crippen molar-refractivity contribution in [3.63, 3.8) is 0 Å². The van der Waals surface area contributed by atoms with Crippen LogP contribution in [0.1, 0.15) is 16.9 Å². The number of aryl methyl sites for hydroxylation is 1. The fourth-order valence-corrected chi connectivity index (χ4v) is 3.64. The number of alkyl halides is 3. The molecule has 10 nitrogen and oxygen atoms in total. The Morgan fingerprint density at radius 3 is 2.45 bits per heavy atom. The molecule has 0 aliphatic heterocycles. The first-order valence-electron chi connectivity index (χ1n) is 8.41. The SMILES string of the molecule is COc1ncc2cnn(C)c2c1NS(=O)(=O)c1ccc(C(=O)CC(=O)C(F)(F)F)nc1. The molecule has 0 radical (unpaired) electrons. The fraction of sp³-hybridized carbons (Fsp3) is 0.235. The minimum absolute atomic E-state index is 0.0101. The van der Waals surface area contributed by atoms with Crippen molar-refractivity contribution < 1.29 is 35.9 Å². The van der Waals surface area contributed by atoms with Crippen LogP contribution in [0.25, 0.3) is 10.9 Å². The lowest BCUT2D eigenvalue weighted by Gasteiger charge is -2.13. The number of fused-ring (bicyclic) bond motifs is 1. The number of rotatable bonds is 7. The summed E-state index contributed by atoms with van der Waals surface area (Å²) in [6, 6.07) is 1.89.